The summed E-state index contributed by atoms with van der Waals surface area (Å²) in [7, 11) is 2.95. The molecule has 0 atom stereocenters. The molecule has 2 aromatic carbocycles. The fraction of sp³-hybridized carbons (Fsp3) is 0.250. The molecule has 0 bridgehead atoms. The van der Waals surface area contributed by atoms with Gasteiger partial charge in [0, 0.05) is 6.08 Å². The minimum absolute atomic E-state index is 0.0375. The van der Waals surface area contributed by atoms with Crippen LogP contribution in [0.2, 0.25) is 0 Å². The smallest absolute Gasteiger partial charge is 0.330 e. The predicted molar refractivity (Wildman–Crippen MR) is 97.6 cm³/mol. The number of hydrogen-bond donors (Lipinski definition) is 2. The molecule has 138 valence electrons. The molecule has 0 aromatic heterocycles. The largest absolute Gasteiger partial charge is 0.508 e. The first-order valence-corrected chi connectivity index (χ1v) is 8.11. The number of phenolic OH excluding ortho intramolecular Hbond substituents is 2. The monoisotopic (exact) mass is 358 g/mol. The van der Waals surface area contributed by atoms with Gasteiger partial charge in [-0.2, -0.15) is 0 Å². The summed E-state index contributed by atoms with van der Waals surface area (Å²) in [5.41, 5.74) is 1.70. The number of benzene rings is 2. The number of rotatable bonds is 8. The minimum atomic E-state index is -0.432. The van der Waals surface area contributed by atoms with Crippen LogP contribution in [0.25, 0.3) is 6.08 Å². The van der Waals surface area contributed by atoms with Crippen LogP contribution in [-0.4, -0.2) is 37.0 Å². The van der Waals surface area contributed by atoms with E-state index < -0.39 is 5.97 Å². The van der Waals surface area contributed by atoms with E-state index in [4.69, 9.17) is 14.2 Å². The summed E-state index contributed by atoms with van der Waals surface area (Å²) in [6, 6.07) is 9.95. The summed E-state index contributed by atoms with van der Waals surface area (Å²) in [6.07, 6.45) is 4.23. The van der Waals surface area contributed by atoms with E-state index in [1.54, 1.807) is 42.5 Å². The van der Waals surface area contributed by atoms with Gasteiger partial charge in [0.2, 0.25) is 5.75 Å². The van der Waals surface area contributed by atoms with Gasteiger partial charge in [-0.05, 0) is 54.3 Å². The number of aromatic hydroxyl groups is 2. The van der Waals surface area contributed by atoms with E-state index in [1.807, 2.05) is 0 Å². The van der Waals surface area contributed by atoms with E-state index in [9.17, 15) is 15.0 Å². The Labute approximate surface area is 152 Å². The highest BCUT2D eigenvalue weighted by Gasteiger charge is 2.11. The van der Waals surface area contributed by atoms with E-state index in [0.717, 1.165) is 11.1 Å². The van der Waals surface area contributed by atoms with Crippen molar-refractivity contribution in [3.8, 4) is 23.0 Å². The van der Waals surface area contributed by atoms with Crippen LogP contribution in [-0.2, 0) is 16.0 Å². The van der Waals surface area contributed by atoms with Crippen molar-refractivity contribution in [1.29, 1.82) is 0 Å². The second-order valence-electron chi connectivity index (χ2n) is 5.54. The van der Waals surface area contributed by atoms with Crippen LogP contribution in [0.5, 0.6) is 23.0 Å². The van der Waals surface area contributed by atoms with Gasteiger partial charge in [0.25, 0.3) is 0 Å². The Morgan fingerprint density at radius 1 is 1.04 bits per heavy atom. The maximum Gasteiger partial charge on any atom is 0.330 e. The van der Waals surface area contributed by atoms with E-state index in [2.05, 4.69) is 0 Å². The first-order valence-electron chi connectivity index (χ1n) is 8.11. The van der Waals surface area contributed by atoms with Crippen molar-refractivity contribution in [1.82, 2.24) is 0 Å². The zero-order valence-electron chi connectivity index (χ0n) is 14.8. The molecule has 0 aliphatic heterocycles. The van der Waals surface area contributed by atoms with Crippen LogP contribution in [0.3, 0.4) is 0 Å². The lowest BCUT2D eigenvalue weighted by molar-refractivity contribution is -0.137. The zero-order valence-corrected chi connectivity index (χ0v) is 14.8. The van der Waals surface area contributed by atoms with Gasteiger partial charge < -0.3 is 24.4 Å². The van der Waals surface area contributed by atoms with Gasteiger partial charge in [0.1, 0.15) is 5.75 Å². The van der Waals surface area contributed by atoms with Crippen molar-refractivity contribution < 1.29 is 29.2 Å². The highest BCUT2D eigenvalue weighted by atomic mass is 16.5. The molecule has 2 rings (SSSR count). The Hall–Kier alpha value is -3.15. The number of ether oxygens (including phenoxy) is 3. The average molecular weight is 358 g/mol. The number of phenols is 2. The molecule has 2 N–H and O–H groups in total. The summed E-state index contributed by atoms with van der Waals surface area (Å²) < 4.78 is 15.4. The molecule has 0 fully saturated rings. The lowest BCUT2D eigenvalue weighted by Gasteiger charge is -2.11. The van der Waals surface area contributed by atoms with Crippen LogP contribution in [0.4, 0.5) is 0 Å². The summed E-state index contributed by atoms with van der Waals surface area (Å²) >= 11 is 0. The maximum absolute atomic E-state index is 11.7. The summed E-state index contributed by atoms with van der Waals surface area (Å²) in [5, 5.41) is 19.1. The van der Waals surface area contributed by atoms with Gasteiger partial charge >= 0.3 is 5.97 Å². The molecular weight excluding hydrogens is 336 g/mol. The average Bonchev–Trinajstić information content (AvgIpc) is 2.65. The van der Waals surface area contributed by atoms with Crippen LogP contribution in [0.15, 0.2) is 42.5 Å². The molecule has 6 nitrogen and oxygen atoms in total. The molecule has 6 heteroatoms. The van der Waals surface area contributed by atoms with Crippen molar-refractivity contribution in [3.63, 3.8) is 0 Å². The fourth-order valence-corrected chi connectivity index (χ4v) is 2.34. The summed E-state index contributed by atoms with van der Waals surface area (Å²) in [5.74, 6) is 0.386. The number of carbonyl (C=O) groups excluding carboxylic acids is 1. The summed E-state index contributed by atoms with van der Waals surface area (Å²) in [6.45, 7) is 0.268. The van der Waals surface area contributed by atoms with Crippen molar-refractivity contribution in [2.75, 3.05) is 20.8 Å². The Morgan fingerprint density at radius 3 is 2.23 bits per heavy atom. The van der Waals surface area contributed by atoms with Crippen molar-refractivity contribution in [3.05, 3.63) is 53.6 Å². The standard InChI is InChI=1S/C20H22O6/c1-24-17-12-15(13-18(25-2)20(17)23)4-3-11-26-19(22)10-7-14-5-8-16(21)9-6-14/h5-10,12-13,21,23H,3-4,11H2,1-2H3. The molecule has 0 saturated carbocycles. The molecule has 0 radical (unpaired) electrons. The third kappa shape index (κ3) is 5.44. The molecule has 0 unspecified atom stereocenters. The molecule has 0 aliphatic rings. The molecule has 26 heavy (non-hydrogen) atoms. The Morgan fingerprint density at radius 2 is 1.65 bits per heavy atom. The van der Waals surface area contributed by atoms with Crippen molar-refractivity contribution in [2.24, 2.45) is 0 Å². The lowest BCUT2D eigenvalue weighted by Crippen LogP contribution is -2.03. The molecule has 0 saturated heterocycles. The third-order valence-corrected chi connectivity index (χ3v) is 3.70. The highest BCUT2D eigenvalue weighted by molar-refractivity contribution is 5.87. The molecular formula is C20H22O6. The fourth-order valence-electron chi connectivity index (χ4n) is 2.34. The van der Waals surface area contributed by atoms with Crippen LogP contribution in [0.1, 0.15) is 17.5 Å². The highest BCUT2D eigenvalue weighted by Crippen LogP contribution is 2.37. The second kappa shape index (κ2) is 9.36. The SMILES string of the molecule is COc1cc(CCCOC(=O)C=Cc2ccc(O)cc2)cc(OC)c1O. The van der Waals surface area contributed by atoms with Crippen LogP contribution in [0, 0.1) is 0 Å². The van der Waals surface area contributed by atoms with Gasteiger partial charge in [0.15, 0.2) is 11.5 Å². The number of aryl methyl sites for hydroxylation is 1. The first-order chi connectivity index (χ1) is 12.5. The quantitative estimate of drug-likeness (QED) is 0.428. The zero-order chi connectivity index (χ0) is 18.9. The van der Waals surface area contributed by atoms with Crippen LogP contribution < -0.4 is 9.47 Å². The number of hydrogen-bond acceptors (Lipinski definition) is 6. The lowest BCUT2D eigenvalue weighted by atomic mass is 10.1. The molecule has 2 aromatic rings. The van der Waals surface area contributed by atoms with E-state index >= 15 is 0 Å². The molecule has 0 aliphatic carbocycles. The Kier molecular flexibility index (Phi) is 6.91. The third-order valence-electron chi connectivity index (χ3n) is 3.70. The maximum atomic E-state index is 11.7. The number of esters is 1. The molecule has 0 amide bonds. The van der Waals surface area contributed by atoms with Crippen LogP contribution >= 0.6 is 0 Å². The normalized spacial score (nSPS) is 10.7. The topological polar surface area (TPSA) is 85.2 Å². The van der Waals surface area contributed by atoms with Crippen molar-refractivity contribution >= 4 is 12.0 Å². The van der Waals surface area contributed by atoms with E-state index in [-0.39, 0.29) is 18.1 Å². The van der Waals surface area contributed by atoms with Gasteiger partial charge in [-0.1, -0.05) is 12.1 Å². The molecule has 0 heterocycles. The number of carbonyl (C=O) groups is 1. The second-order valence-corrected chi connectivity index (χ2v) is 5.54. The predicted octanol–water partition coefficient (Wildman–Crippen LogP) is 3.30. The minimum Gasteiger partial charge on any atom is -0.508 e. The van der Waals surface area contributed by atoms with Gasteiger partial charge in [-0.15, -0.1) is 0 Å². The molecule has 0 spiro atoms. The van der Waals surface area contributed by atoms with Gasteiger partial charge in [-0.25, -0.2) is 4.79 Å². The van der Waals surface area contributed by atoms with E-state index in [1.165, 1.54) is 20.3 Å². The first kappa shape index (κ1) is 19.2. The Balaban J connectivity index is 1.81. The van der Waals surface area contributed by atoms with Crippen molar-refractivity contribution in [2.45, 2.75) is 12.8 Å². The van der Waals surface area contributed by atoms with E-state index in [0.29, 0.717) is 24.3 Å². The van der Waals surface area contributed by atoms with Gasteiger partial charge in [0.05, 0.1) is 20.8 Å². The Bertz CT molecular complexity index is 739. The van der Waals surface area contributed by atoms with Gasteiger partial charge in [-0.3, -0.25) is 0 Å². The number of methoxy groups -OCH3 is 2. The summed E-state index contributed by atoms with van der Waals surface area (Å²) in [4.78, 5) is 11.7.